The lowest BCUT2D eigenvalue weighted by Gasteiger charge is -2.34. The van der Waals surface area contributed by atoms with E-state index in [1.807, 2.05) is 0 Å². The number of hydrogen-bond donors (Lipinski definition) is 1. The maximum Gasteiger partial charge on any atom is 0.0540 e. The summed E-state index contributed by atoms with van der Waals surface area (Å²) < 4.78 is 0. The second kappa shape index (κ2) is 3.28. The summed E-state index contributed by atoms with van der Waals surface area (Å²) in [6.07, 6.45) is 4.75. The topological polar surface area (TPSA) is 20.2 Å². The lowest BCUT2D eigenvalue weighted by Crippen LogP contribution is -2.33. The van der Waals surface area contributed by atoms with Crippen LogP contribution in [0.25, 0.3) is 0 Å². The van der Waals surface area contributed by atoms with E-state index in [2.05, 4.69) is 19.6 Å². The van der Waals surface area contributed by atoms with Crippen molar-refractivity contribution in [1.82, 2.24) is 0 Å². The maximum absolute atomic E-state index is 9.47. The van der Waals surface area contributed by atoms with Crippen molar-refractivity contribution in [3.05, 3.63) is 0 Å². The molecule has 2 heteroatoms. The Morgan fingerprint density at radius 1 is 1.18 bits per heavy atom. The van der Waals surface area contributed by atoms with E-state index in [1.165, 1.54) is 12.8 Å². The van der Waals surface area contributed by atoms with Gasteiger partial charge in [0.25, 0.3) is 0 Å². The highest BCUT2D eigenvalue weighted by molar-refractivity contribution is 6.77. The van der Waals surface area contributed by atoms with Crippen LogP contribution in [-0.2, 0) is 0 Å². The summed E-state index contributed by atoms with van der Waals surface area (Å²) in [6, 6.07) is 0. The van der Waals surface area contributed by atoms with Gasteiger partial charge in [-0.05, 0) is 18.4 Å². The minimum absolute atomic E-state index is 0.0143. The van der Waals surface area contributed by atoms with Crippen molar-refractivity contribution in [1.29, 1.82) is 0 Å². The number of rotatable bonds is 1. The SMILES string of the molecule is C[Si](C)(C)C1CCCC(O)C1. The number of hydrogen-bond acceptors (Lipinski definition) is 1. The molecule has 11 heavy (non-hydrogen) atoms. The fraction of sp³-hybridized carbons (Fsp3) is 1.00. The van der Waals surface area contributed by atoms with Crippen molar-refractivity contribution in [3.8, 4) is 0 Å². The third kappa shape index (κ3) is 2.60. The van der Waals surface area contributed by atoms with Gasteiger partial charge in [0.15, 0.2) is 0 Å². The molecule has 2 unspecified atom stereocenters. The van der Waals surface area contributed by atoms with Crippen molar-refractivity contribution in [2.75, 3.05) is 0 Å². The highest BCUT2D eigenvalue weighted by Gasteiger charge is 2.30. The fourth-order valence-electron chi connectivity index (χ4n) is 1.95. The van der Waals surface area contributed by atoms with E-state index in [0.29, 0.717) is 0 Å². The highest BCUT2D eigenvalue weighted by Crippen LogP contribution is 2.36. The first-order valence-corrected chi connectivity index (χ1v) is 8.26. The normalized spacial score (nSPS) is 33.8. The van der Waals surface area contributed by atoms with Crippen LogP contribution in [0.15, 0.2) is 0 Å². The van der Waals surface area contributed by atoms with Crippen LogP contribution >= 0.6 is 0 Å². The summed E-state index contributed by atoms with van der Waals surface area (Å²) in [6.45, 7) is 7.24. The van der Waals surface area contributed by atoms with Gasteiger partial charge in [-0.15, -0.1) is 0 Å². The second-order valence-corrected chi connectivity index (χ2v) is 10.4. The molecule has 2 atom stereocenters. The third-order valence-electron chi connectivity index (χ3n) is 2.87. The van der Waals surface area contributed by atoms with Gasteiger partial charge in [0, 0.05) is 8.07 Å². The van der Waals surface area contributed by atoms with E-state index in [1.54, 1.807) is 0 Å². The molecule has 0 aromatic heterocycles. The molecule has 0 heterocycles. The van der Waals surface area contributed by atoms with Gasteiger partial charge in [0.05, 0.1) is 6.10 Å². The molecule has 1 fully saturated rings. The molecule has 1 saturated carbocycles. The summed E-state index contributed by atoms with van der Waals surface area (Å²) in [7, 11) is -0.958. The van der Waals surface area contributed by atoms with E-state index >= 15 is 0 Å². The Morgan fingerprint density at radius 3 is 2.18 bits per heavy atom. The molecule has 0 aromatic carbocycles. The molecule has 1 aliphatic rings. The zero-order valence-electron chi connectivity index (χ0n) is 7.93. The summed E-state index contributed by atoms with van der Waals surface area (Å²) in [5.74, 6) is 0. The zero-order valence-corrected chi connectivity index (χ0v) is 8.93. The summed E-state index contributed by atoms with van der Waals surface area (Å²) in [5.41, 5.74) is 0.867. The van der Waals surface area contributed by atoms with Crippen molar-refractivity contribution >= 4 is 8.07 Å². The van der Waals surface area contributed by atoms with Crippen LogP contribution in [0.5, 0.6) is 0 Å². The van der Waals surface area contributed by atoms with Gasteiger partial charge in [-0.3, -0.25) is 0 Å². The fourth-order valence-corrected chi connectivity index (χ4v) is 4.00. The number of aliphatic hydroxyl groups is 1. The molecule has 0 saturated heterocycles. The Bertz CT molecular complexity index is 128. The minimum Gasteiger partial charge on any atom is -0.393 e. The van der Waals surface area contributed by atoms with Crippen molar-refractivity contribution < 1.29 is 5.11 Å². The van der Waals surface area contributed by atoms with Crippen molar-refractivity contribution in [2.45, 2.75) is 57.0 Å². The van der Waals surface area contributed by atoms with Crippen LogP contribution in [0.4, 0.5) is 0 Å². The van der Waals surface area contributed by atoms with Crippen molar-refractivity contribution in [2.24, 2.45) is 0 Å². The molecule has 0 spiro atoms. The van der Waals surface area contributed by atoms with Crippen LogP contribution in [0.1, 0.15) is 25.7 Å². The van der Waals surface area contributed by atoms with Gasteiger partial charge >= 0.3 is 0 Å². The van der Waals surface area contributed by atoms with Gasteiger partial charge in [-0.1, -0.05) is 32.5 Å². The smallest absolute Gasteiger partial charge is 0.0540 e. The largest absolute Gasteiger partial charge is 0.393 e. The quantitative estimate of drug-likeness (QED) is 0.603. The molecule has 1 aliphatic carbocycles. The van der Waals surface area contributed by atoms with Crippen molar-refractivity contribution in [3.63, 3.8) is 0 Å². The molecule has 1 rings (SSSR count). The van der Waals surface area contributed by atoms with Crippen LogP contribution in [-0.4, -0.2) is 19.3 Å². The minimum atomic E-state index is -0.958. The van der Waals surface area contributed by atoms with Gasteiger partial charge < -0.3 is 5.11 Å². The third-order valence-corrected chi connectivity index (χ3v) is 5.85. The maximum atomic E-state index is 9.47. The summed E-state index contributed by atoms with van der Waals surface area (Å²) in [4.78, 5) is 0. The van der Waals surface area contributed by atoms with E-state index < -0.39 is 8.07 Å². The molecule has 66 valence electrons. The van der Waals surface area contributed by atoms with E-state index in [0.717, 1.165) is 18.4 Å². The monoisotopic (exact) mass is 172 g/mol. The van der Waals surface area contributed by atoms with Crippen LogP contribution in [0.2, 0.25) is 25.2 Å². The van der Waals surface area contributed by atoms with Crippen LogP contribution < -0.4 is 0 Å². The second-order valence-electron chi connectivity index (χ2n) is 4.88. The molecular formula is C9H20OSi. The van der Waals surface area contributed by atoms with Gasteiger partial charge in [0.2, 0.25) is 0 Å². The molecule has 0 amide bonds. The Hall–Kier alpha value is 0.177. The van der Waals surface area contributed by atoms with Crippen LogP contribution in [0.3, 0.4) is 0 Å². The molecule has 0 radical (unpaired) electrons. The molecule has 0 aromatic rings. The Labute approximate surface area is 70.8 Å². The first-order chi connectivity index (χ1) is 5.00. The lowest BCUT2D eigenvalue weighted by molar-refractivity contribution is 0.129. The standard InChI is InChI=1S/C9H20OSi/c1-11(2,3)9-6-4-5-8(10)7-9/h8-10H,4-7H2,1-3H3. The van der Waals surface area contributed by atoms with Crippen LogP contribution in [0, 0.1) is 0 Å². The molecule has 1 nitrogen and oxygen atoms in total. The van der Waals surface area contributed by atoms with Gasteiger partial charge in [0.1, 0.15) is 0 Å². The molecule has 1 N–H and O–H groups in total. The zero-order chi connectivity index (χ0) is 8.48. The average molecular weight is 172 g/mol. The van der Waals surface area contributed by atoms with E-state index in [4.69, 9.17) is 0 Å². The Kier molecular flexibility index (Phi) is 2.76. The van der Waals surface area contributed by atoms with Gasteiger partial charge in [-0.2, -0.15) is 0 Å². The lowest BCUT2D eigenvalue weighted by atomic mass is 9.97. The molecular weight excluding hydrogens is 152 g/mol. The predicted molar refractivity (Wildman–Crippen MR) is 51.6 cm³/mol. The predicted octanol–water partition coefficient (Wildman–Crippen LogP) is 2.63. The highest BCUT2D eigenvalue weighted by atomic mass is 28.3. The summed E-state index contributed by atoms with van der Waals surface area (Å²) >= 11 is 0. The average Bonchev–Trinajstić information content (AvgIpc) is 1.86. The summed E-state index contributed by atoms with van der Waals surface area (Å²) in [5, 5.41) is 9.47. The van der Waals surface area contributed by atoms with Gasteiger partial charge in [-0.25, -0.2) is 0 Å². The Balaban J connectivity index is 2.46. The number of aliphatic hydroxyl groups excluding tert-OH is 1. The first kappa shape index (κ1) is 9.27. The van der Waals surface area contributed by atoms with E-state index in [-0.39, 0.29) is 6.10 Å². The first-order valence-electron chi connectivity index (χ1n) is 4.68. The Morgan fingerprint density at radius 2 is 1.82 bits per heavy atom. The van der Waals surface area contributed by atoms with E-state index in [9.17, 15) is 5.11 Å². The molecule has 0 bridgehead atoms. The molecule has 0 aliphatic heterocycles.